The Labute approximate surface area is 186 Å². The zero-order valence-corrected chi connectivity index (χ0v) is 17.5. The number of rotatable bonds is 6. The van der Waals surface area contributed by atoms with Gasteiger partial charge in [-0.3, -0.25) is 9.59 Å². The normalized spacial score (nSPS) is 11.5. The maximum atomic E-state index is 12.9. The fourth-order valence-electron chi connectivity index (χ4n) is 3.31. The van der Waals surface area contributed by atoms with Gasteiger partial charge in [-0.1, -0.05) is 6.07 Å². The van der Waals surface area contributed by atoms with Crippen LogP contribution in [0.5, 0.6) is 5.75 Å². The highest BCUT2D eigenvalue weighted by molar-refractivity contribution is 5.90. The number of alkyl halides is 3. The van der Waals surface area contributed by atoms with Gasteiger partial charge in [0, 0.05) is 23.6 Å². The lowest BCUT2D eigenvalue weighted by Gasteiger charge is -2.10. The Morgan fingerprint density at radius 2 is 1.85 bits per heavy atom. The van der Waals surface area contributed by atoms with Crippen LogP contribution in [0.4, 0.5) is 18.9 Å². The molecule has 0 aliphatic heterocycles. The Morgan fingerprint density at radius 3 is 2.55 bits per heavy atom. The average molecular weight is 456 g/mol. The summed E-state index contributed by atoms with van der Waals surface area (Å²) in [6, 6.07) is 13.2. The van der Waals surface area contributed by atoms with Gasteiger partial charge < -0.3 is 14.6 Å². The third-order valence-corrected chi connectivity index (χ3v) is 4.85. The first-order chi connectivity index (χ1) is 15.7. The van der Waals surface area contributed by atoms with E-state index in [2.05, 4.69) is 10.4 Å². The highest BCUT2D eigenvalue weighted by Crippen LogP contribution is 2.30. The second-order valence-corrected chi connectivity index (χ2v) is 7.17. The van der Waals surface area contributed by atoms with E-state index in [0.717, 1.165) is 23.4 Å². The van der Waals surface area contributed by atoms with Crippen molar-refractivity contribution in [2.75, 3.05) is 11.9 Å². The standard InChI is InChI=1S/C23H19F3N4O3/c1-2-33-18-8-6-15(7-9-18)19-13-20-22(32)29(10-11-30(20)28-19)14-21(31)27-17-5-3-4-16(12-17)23(24,25)26/h3-13H,2,14H2,1H3,(H,27,31). The largest absolute Gasteiger partial charge is 0.494 e. The maximum absolute atomic E-state index is 12.9. The zero-order valence-electron chi connectivity index (χ0n) is 17.5. The van der Waals surface area contributed by atoms with Crippen LogP contribution in [0.3, 0.4) is 0 Å². The molecule has 4 aromatic rings. The monoisotopic (exact) mass is 456 g/mol. The van der Waals surface area contributed by atoms with E-state index in [-0.39, 0.29) is 17.7 Å². The van der Waals surface area contributed by atoms with Crippen LogP contribution in [0.1, 0.15) is 12.5 Å². The fourth-order valence-corrected chi connectivity index (χ4v) is 3.31. The van der Waals surface area contributed by atoms with E-state index in [0.29, 0.717) is 12.3 Å². The topological polar surface area (TPSA) is 77.6 Å². The minimum absolute atomic E-state index is 0.00825. The van der Waals surface area contributed by atoms with Gasteiger partial charge in [0.2, 0.25) is 5.91 Å². The van der Waals surface area contributed by atoms with Crippen LogP contribution in [0, 0.1) is 0 Å². The molecule has 0 fully saturated rings. The number of benzene rings is 2. The number of fused-ring (bicyclic) bond motifs is 1. The Bertz CT molecular complexity index is 1360. The summed E-state index contributed by atoms with van der Waals surface area (Å²) < 4.78 is 46.6. The molecule has 0 radical (unpaired) electrons. The van der Waals surface area contributed by atoms with Gasteiger partial charge >= 0.3 is 6.18 Å². The summed E-state index contributed by atoms with van der Waals surface area (Å²) in [7, 11) is 0. The maximum Gasteiger partial charge on any atom is 0.416 e. The number of anilines is 1. The molecule has 0 saturated heterocycles. The van der Waals surface area contributed by atoms with Crippen LogP contribution in [-0.4, -0.2) is 26.7 Å². The molecule has 2 heterocycles. The number of carbonyl (C=O) groups excluding carboxylic acids is 1. The second-order valence-electron chi connectivity index (χ2n) is 7.17. The van der Waals surface area contributed by atoms with Crippen molar-refractivity contribution < 1.29 is 22.7 Å². The van der Waals surface area contributed by atoms with Crippen molar-refractivity contribution in [1.29, 1.82) is 0 Å². The van der Waals surface area contributed by atoms with Crippen LogP contribution in [0.2, 0.25) is 0 Å². The third-order valence-electron chi connectivity index (χ3n) is 4.85. The molecule has 2 aromatic carbocycles. The third kappa shape index (κ3) is 4.89. The Hall–Kier alpha value is -4.08. The molecule has 33 heavy (non-hydrogen) atoms. The number of nitrogens with zero attached hydrogens (tertiary/aromatic N) is 3. The number of nitrogens with one attached hydrogen (secondary N) is 1. The van der Waals surface area contributed by atoms with Gasteiger partial charge in [-0.15, -0.1) is 0 Å². The van der Waals surface area contributed by atoms with E-state index in [9.17, 15) is 22.8 Å². The molecule has 0 spiro atoms. The molecule has 10 heteroatoms. The molecule has 0 aliphatic rings. The van der Waals surface area contributed by atoms with Gasteiger partial charge in [0.15, 0.2) is 0 Å². The van der Waals surface area contributed by atoms with Gasteiger partial charge in [0.05, 0.1) is 17.9 Å². The summed E-state index contributed by atoms with van der Waals surface area (Å²) >= 11 is 0. The molecule has 1 amide bonds. The van der Waals surface area contributed by atoms with Crippen LogP contribution >= 0.6 is 0 Å². The summed E-state index contributed by atoms with van der Waals surface area (Å²) in [5, 5.41) is 6.79. The number of halogens is 3. The van der Waals surface area contributed by atoms with Crippen molar-refractivity contribution >= 4 is 17.1 Å². The molecule has 2 aromatic heterocycles. The lowest BCUT2D eigenvalue weighted by atomic mass is 10.1. The number of hydrogen-bond donors (Lipinski definition) is 1. The average Bonchev–Trinajstić information content (AvgIpc) is 3.21. The lowest BCUT2D eigenvalue weighted by molar-refractivity contribution is -0.137. The molecule has 0 saturated carbocycles. The van der Waals surface area contributed by atoms with E-state index < -0.39 is 23.2 Å². The first kappa shape index (κ1) is 22.1. The molecule has 7 nitrogen and oxygen atoms in total. The van der Waals surface area contributed by atoms with Crippen molar-refractivity contribution in [3.05, 3.63) is 82.9 Å². The minimum atomic E-state index is -4.52. The zero-order chi connectivity index (χ0) is 23.6. The number of ether oxygens (including phenoxy) is 1. The molecular formula is C23H19F3N4O3. The predicted octanol–water partition coefficient (Wildman–Crippen LogP) is 4.22. The molecule has 170 valence electrons. The Balaban J connectivity index is 1.53. The quantitative estimate of drug-likeness (QED) is 0.471. The van der Waals surface area contributed by atoms with Gasteiger partial charge in [-0.05, 0) is 55.5 Å². The number of amides is 1. The molecule has 0 atom stereocenters. The van der Waals surface area contributed by atoms with E-state index >= 15 is 0 Å². The van der Waals surface area contributed by atoms with Crippen molar-refractivity contribution in [3.63, 3.8) is 0 Å². The second kappa shape index (κ2) is 8.81. The van der Waals surface area contributed by atoms with E-state index in [1.807, 2.05) is 19.1 Å². The van der Waals surface area contributed by atoms with Crippen molar-refractivity contribution in [1.82, 2.24) is 14.2 Å². The lowest BCUT2D eigenvalue weighted by Crippen LogP contribution is -2.28. The van der Waals surface area contributed by atoms with Gasteiger partial charge in [0.25, 0.3) is 5.56 Å². The van der Waals surface area contributed by atoms with E-state index in [1.165, 1.54) is 33.6 Å². The van der Waals surface area contributed by atoms with E-state index in [1.54, 1.807) is 18.2 Å². The number of hydrogen-bond acceptors (Lipinski definition) is 4. The Kier molecular flexibility index (Phi) is 5.91. The molecule has 4 rings (SSSR count). The first-order valence-electron chi connectivity index (χ1n) is 10.0. The SMILES string of the molecule is CCOc1ccc(-c2cc3c(=O)n(CC(=O)Nc4cccc(C(F)(F)F)c4)ccn3n2)cc1. The van der Waals surface area contributed by atoms with Crippen LogP contribution in [0.25, 0.3) is 16.8 Å². The van der Waals surface area contributed by atoms with Crippen LogP contribution in [0.15, 0.2) is 71.8 Å². The van der Waals surface area contributed by atoms with Crippen LogP contribution < -0.4 is 15.6 Å². The molecule has 0 aliphatic carbocycles. The summed E-state index contributed by atoms with van der Waals surface area (Å²) in [6.45, 7) is 2.07. The molecule has 0 unspecified atom stereocenters. The molecule has 1 N–H and O–H groups in total. The number of aromatic nitrogens is 3. The van der Waals surface area contributed by atoms with E-state index in [4.69, 9.17) is 4.74 Å². The highest BCUT2D eigenvalue weighted by atomic mass is 19.4. The van der Waals surface area contributed by atoms with Crippen molar-refractivity contribution in [3.8, 4) is 17.0 Å². The smallest absolute Gasteiger partial charge is 0.416 e. The summed E-state index contributed by atoms with van der Waals surface area (Å²) in [5.41, 5.74) is 0.275. The summed E-state index contributed by atoms with van der Waals surface area (Å²) in [5.74, 6) is 0.0891. The van der Waals surface area contributed by atoms with Crippen molar-refractivity contribution in [2.24, 2.45) is 0 Å². The van der Waals surface area contributed by atoms with Crippen molar-refractivity contribution in [2.45, 2.75) is 19.6 Å². The molecular weight excluding hydrogens is 437 g/mol. The summed E-state index contributed by atoms with van der Waals surface area (Å²) in [4.78, 5) is 25.2. The Morgan fingerprint density at radius 1 is 1.09 bits per heavy atom. The number of carbonyl (C=O) groups is 1. The summed E-state index contributed by atoms with van der Waals surface area (Å²) in [6.07, 6.45) is -1.59. The fraction of sp³-hybridized carbons (Fsp3) is 0.174. The van der Waals surface area contributed by atoms with Crippen LogP contribution in [-0.2, 0) is 17.5 Å². The van der Waals surface area contributed by atoms with Gasteiger partial charge in [-0.2, -0.15) is 18.3 Å². The highest BCUT2D eigenvalue weighted by Gasteiger charge is 2.30. The first-order valence-corrected chi connectivity index (χ1v) is 10.0. The minimum Gasteiger partial charge on any atom is -0.494 e. The predicted molar refractivity (Wildman–Crippen MR) is 116 cm³/mol. The van der Waals surface area contributed by atoms with Gasteiger partial charge in [0.1, 0.15) is 17.8 Å². The van der Waals surface area contributed by atoms with Gasteiger partial charge in [-0.25, -0.2) is 4.52 Å². The molecule has 0 bridgehead atoms.